The Morgan fingerprint density at radius 3 is 2.77 bits per heavy atom. The van der Waals surface area contributed by atoms with Crippen molar-refractivity contribution in [1.29, 1.82) is 0 Å². The number of thiophene rings is 1. The molecule has 1 radical (unpaired) electrons. The molecule has 3 rings (SSSR count). The fourth-order valence-electron chi connectivity index (χ4n) is 2.55. The van der Waals surface area contributed by atoms with Crippen LogP contribution in [0.1, 0.15) is 10.4 Å². The van der Waals surface area contributed by atoms with Gasteiger partial charge in [0.15, 0.2) is 0 Å². The number of guanidine groups is 1. The number of rotatable bonds is 3. The first kappa shape index (κ1) is 14.7. The first-order valence-electron chi connectivity index (χ1n) is 6.61. The average Bonchev–Trinajstić information content (AvgIpc) is 3.17. The molecule has 1 unspecified atom stereocenters. The number of amides is 1. The van der Waals surface area contributed by atoms with Gasteiger partial charge in [-0.15, -0.1) is 0 Å². The summed E-state index contributed by atoms with van der Waals surface area (Å²) in [6, 6.07) is 11.1. The molecule has 0 saturated heterocycles. The fourth-order valence-corrected chi connectivity index (χ4v) is 3.43. The van der Waals surface area contributed by atoms with Gasteiger partial charge in [-0.05, 0) is 0 Å². The number of benzene rings is 1. The van der Waals surface area contributed by atoms with Crippen molar-refractivity contribution in [1.82, 2.24) is 4.90 Å². The molecule has 0 fully saturated rings. The van der Waals surface area contributed by atoms with Crippen LogP contribution >= 0.6 is 11.3 Å². The zero-order valence-electron chi connectivity index (χ0n) is 12.2. The van der Waals surface area contributed by atoms with Crippen LogP contribution in [0.5, 0.6) is 5.75 Å². The maximum absolute atomic E-state index is 13.0. The number of ether oxygens (including phenoxy) is 1. The second-order valence-corrected chi connectivity index (χ2v) is 5.77. The van der Waals surface area contributed by atoms with E-state index in [0.717, 1.165) is 10.4 Å². The second-order valence-electron chi connectivity index (χ2n) is 4.82. The quantitative estimate of drug-likeness (QED) is 0.816. The van der Waals surface area contributed by atoms with E-state index < -0.39 is 5.54 Å². The van der Waals surface area contributed by atoms with Gasteiger partial charge in [0.05, 0.1) is 0 Å². The summed E-state index contributed by atoms with van der Waals surface area (Å²) in [7, 11) is 8.58. The number of nitrogens with zero attached hydrogens (tertiary/aromatic N) is 3. The summed E-state index contributed by atoms with van der Waals surface area (Å²) in [4.78, 5) is 23.3. The van der Waals surface area contributed by atoms with Gasteiger partial charge in [-0.1, -0.05) is 0 Å². The number of methoxy groups -OCH3 is 1. The van der Waals surface area contributed by atoms with Crippen LogP contribution in [0.4, 0.5) is 0 Å². The first-order valence-corrected chi connectivity index (χ1v) is 7.49. The van der Waals surface area contributed by atoms with Gasteiger partial charge in [0.25, 0.3) is 0 Å². The molecule has 0 spiro atoms. The molecule has 0 N–H and O–H groups in total. The molecular formula is C15H13BN3O2S. The first-order chi connectivity index (χ1) is 10.6. The van der Waals surface area contributed by atoms with Gasteiger partial charge in [-0.25, -0.2) is 0 Å². The molecule has 7 heteroatoms. The van der Waals surface area contributed by atoms with Crippen molar-refractivity contribution in [3.63, 3.8) is 0 Å². The normalized spacial score (nSPS) is 20.9. The van der Waals surface area contributed by atoms with Gasteiger partial charge in [-0.2, -0.15) is 0 Å². The Hall–Kier alpha value is -2.28. The van der Waals surface area contributed by atoms with Crippen molar-refractivity contribution in [2.24, 2.45) is 9.89 Å². The van der Waals surface area contributed by atoms with E-state index in [1.165, 1.54) is 16.2 Å². The van der Waals surface area contributed by atoms with E-state index in [1.807, 2.05) is 41.8 Å². The summed E-state index contributed by atoms with van der Waals surface area (Å²) < 4.78 is 5.27. The molecule has 22 heavy (non-hydrogen) atoms. The zero-order chi connectivity index (χ0) is 15.7. The minimum atomic E-state index is -1.16. The predicted molar refractivity (Wildman–Crippen MR) is 86.5 cm³/mol. The maximum atomic E-state index is 13.0. The van der Waals surface area contributed by atoms with Crippen molar-refractivity contribution in [3.05, 3.63) is 52.2 Å². The van der Waals surface area contributed by atoms with Gasteiger partial charge in [0.2, 0.25) is 0 Å². The van der Waals surface area contributed by atoms with Crippen LogP contribution in [0.2, 0.25) is 0 Å². The predicted octanol–water partition coefficient (Wildman–Crippen LogP) is 2.18. The SMILES string of the molecule is [B]=NC1=NC(c2cccc(OC)c2)(c2cccs2)C(=O)N1C. The fraction of sp³-hybridized carbons (Fsp3) is 0.200. The molecule has 2 heterocycles. The number of hydrogen-bond acceptors (Lipinski definition) is 5. The van der Waals surface area contributed by atoms with Crippen LogP contribution in [0, 0.1) is 0 Å². The number of aliphatic imine (C=N–C) groups is 1. The molecule has 0 saturated carbocycles. The number of carbonyl (C=O) groups is 1. The average molecular weight is 310 g/mol. The third-order valence-corrected chi connectivity index (χ3v) is 4.64. The van der Waals surface area contributed by atoms with Crippen molar-refractivity contribution in [2.75, 3.05) is 14.2 Å². The van der Waals surface area contributed by atoms with Gasteiger partial charge in [0.1, 0.15) is 0 Å². The third-order valence-electron chi connectivity index (χ3n) is 3.66. The molecule has 1 atom stereocenters. The Morgan fingerprint density at radius 1 is 1.36 bits per heavy atom. The summed E-state index contributed by atoms with van der Waals surface area (Å²) in [6.45, 7) is 0. The number of hydrogen-bond donors (Lipinski definition) is 0. The molecule has 0 bridgehead atoms. The van der Waals surface area contributed by atoms with E-state index in [9.17, 15) is 4.79 Å². The van der Waals surface area contributed by atoms with E-state index in [2.05, 4.69) is 9.89 Å². The van der Waals surface area contributed by atoms with Crippen molar-refractivity contribution in [2.45, 2.75) is 5.54 Å². The number of likely N-dealkylation sites (N-methyl/N-ethyl adjacent to an activating group) is 1. The molecule has 1 aromatic heterocycles. The number of carbonyl (C=O) groups excluding carboxylic acids is 1. The van der Waals surface area contributed by atoms with E-state index in [1.54, 1.807) is 14.2 Å². The Labute approximate surface area is 133 Å². The molecule has 1 amide bonds. The molecule has 1 aliphatic rings. The summed E-state index contributed by atoms with van der Waals surface area (Å²) in [5.74, 6) is 0.686. The zero-order valence-corrected chi connectivity index (χ0v) is 13.0. The summed E-state index contributed by atoms with van der Waals surface area (Å²) >= 11 is 1.47. The van der Waals surface area contributed by atoms with E-state index in [-0.39, 0.29) is 11.9 Å². The summed E-state index contributed by atoms with van der Waals surface area (Å²) in [6.07, 6.45) is 0. The molecule has 0 aliphatic carbocycles. The van der Waals surface area contributed by atoms with Gasteiger partial charge in [-0.3, -0.25) is 0 Å². The Bertz CT molecular complexity index is 760. The van der Waals surface area contributed by atoms with Crippen LogP contribution in [0.3, 0.4) is 0 Å². The summed E-state index contributed by atoms with van der Waals surface area (Å²) in [5.41, 5.74) is -0.430. The van der Waals surface area contributed by atoms with Gasteiger partial charge in [0, 0.05) is 0 Å². The standard InChI is InChI=1S/C15H13BN3O2S/c1-19-13(20)15(17-14(19)18-16,12-7-4-8-22-12)10-5-3-6-11(9-10)21-2/h3-9H,1-2H3. The van der Waals surface area contributed by atoms with Crippen LogP contribution in [0.15, 0.2) is 51.7 Å². The Morgan fingerprint density at radius 2 is 2.18 bits per heavy atom. The molecule has 2 aromatic rings. The van der Waals surface area contributed by atoms with Crippen molar-refractivity contribution >= 4 is 30.8 Å². The molecule has 5 nitrogen and oxygen atoms in total. The van der Waals surface area contributed by atoms with Crippen LogP contribution < -0.4 is 4.74 Å². The monoisotopic (exact) mass is 310 g/mol. The van der Waals surface area contributed by atoms with Gasteiger partial charge >= 0.3 is 133 Å². The molecule has 1 aliphatic heterocycles. The summed E-state index contributed by atoms with van der Waals surface area (Å²) in [5, 5.41) is 1.91. The van der Waals surface area contributed by atoms with E-state index >= 15 is 0 Å². The molecule has 109 valence electrons. The Kier molecular flexibility index (Phi) is 3.66. The molecule has 1 aromatic carbocycles. The van der Waals surface area contributed by atoms with E-state index in [4.69, 9.17) is 12.4 Å². The third kappa shape index (κ3) is 2.01. The van der Waals surface area contributed by atoms with Crippen LogP contribution in [-0.2, 0) is 10.3 Å². The van der Waals surface area contributed by atoms with E-state index in [0.29, 0.717) is 5.75 Å². The topological polar surface area (TPSA) is 54.3 Å². The van der Waals surface area contributed by atoms with Crippen molar-refractivity contribution < 1.29 is 9.53 Å². The second kappa shape index (κ2) is 5.49. The van der Waals surface area contributed by atoms with Gasteiger partial charge < -0.3 is 0 Å². The van der Waals surface area contributed by atoms with Crippen LogP contribution in [-0.4, -0.2) is 38.6 Å². The van der Waals surface area contributed by atoms with Crippen molar-refractivity contribution in [3.8, 4) is 5.75 Å². The van der Waals surface area contributed by atoms with Crippen LogP contribution in [0.25, 0.3) is 0 Å². The Balaban J connectivity index is 2.28. The molecular weight excluding hydrogens is 297 g/mol. The minimum absolute atomic E-state index is 0.188.